The second-order valence-electron chi connectivity index (χ2n) is 7.39. The number of halogens is 8. The summed E-state index contributed by atoms with van der Waals surface area (Å²) in [5.74, 6) is -2.01. The van der Waals surface area contributed by atoms with Gasteiger partial charge in [0.05, 0.1) is 34.4 Å². The zero-order valence-electron chi connectivity index (χ0n) is 17.8. The number of nitriles is 2. The van der Waals surface area contributed by atoms with Crippen molar-refractivity contribution in [3.8, 4) is 12.1 Å². The first kappa shape index (κ1) is 26.2. The Labute approximate surface area is 199 Å². The lowest BCUT2D eigenvalue weighted by Gasteiger charge is -2.08. The van der Waals surface area contributed by atoms with Crippen molar-refractivity contribution in [1.82, 2.24) is 0 Å². The van der Waals surface area contributed by atoms with Crippen molar-refractivity contribution < 1.29 is 35.1 Å². The van der Waals surface area contributed by atoms with E-state index in [0.717, 1.165) is 72.8 Å². The summed E-state index contributed by atoms with van der Waals surface area (Å²) in [6, 6.07) is 12.0. The van der Waals surface area contributed by atoms with Gasteiger partial charge in [0.15, 0.2) is 0 Å². The van der Waals surface area contributed by atoms with Gasteiger partial charge >= 0.3 is 12.4 Å². The van der Waals surface area contributed by atoms with Crippen molar-refractivity contribution >= 4 is 23.3 Å². The first-order valence-electron chi connectivity index (χ1n) is 9.91. The van der Waals surface area contributed by atoms with E-state index in [9.17, 15) is 45.6 Å². The van der Waals surface area contributed by atoms with Crippen LogP contribution in [0.2, 0.25) is 0 Å². The molecule has 10 heteroatoms. The molecule has 0 bridgehead atoms. The largest absolute Gasteiger partial charge is 0.416 e. The van der Waals surface area contributed by atoms with Gasteiger partial charge < -0.3 is 0 Å². The predicted molar refractivity (Wildman–Crippen MR) is 116 cm³/mol. The molecular weight excluding hydrogens is 492 g/mol. The van der Waals surface area contributed by atoms with E-state index in [1.54, 1.807) is 12.1 Å². The van der Waals surface area contributed by atoms with E-state index in [1.807, 2.05) is 0 Å². The van der Waals surface area contributed by atoms with Gasteiger partial charge in [-0.25, -0.2) is 8.78 Å². The maximum atomic E-state index is 14.7. The van der Waals surface area contributed by atoms with Gasteiger partial charge in [-0.3, -0.25) is 0 Å². The van der Waals surface area contributed by atoms with E-state index in [1.165, 1.54) is 0 Å². The molecule has 0 spiro atoms. The molecule has 0 fully saturated rings. The summed E-state index contributed by atoms with van der Waals surface area (Å²) in [6.07, 6.45) is -7.27. The second kappa shape index (κ2) is 10.0. The van der Waals surface area contributed by atoms with Gasteiger partial charge in [0, 0.05) is 11.1 Å². The molecule has 0 saturated carbocycles. The van der Waals surface area contributed by atoms with Crippen LogP contribution in [0.1, 0.15) is 33.4 Å². The van der Waals surface area contributed by atoms with Crippen molar-refractivity contribution in [2.24, 2.45) is 0 Å². The number of allylic oxidation sites excluding steroid dienone is 2. The van der Waals surface area contributed by atoms with Gasteiger partial charge in [0.1, 0.15) is 11.6 Å². The highest BCUT2D eigenvalue weighted by Crippen LogP contribution is 2.32. The van der Waals surface area contributed by atoms with E-state index >= 15 is 0 Å². The van der Waals surface area contributed by atoms with E-state index in [-0.39, 0.29) is 33.4 Å². The van der Waals surface area contributed by atoms with Gasteiger partial charge in [0.25, 0.3) is 0 Å². The van der Waals surface area contributed by atoms with Crippen LogP contribution in [0.5, 0.6) is 0 Å². The monoisotopic (exact) mass is 504 g/mol. The van der Waals surface area contributed by atoms with E-state index < -0.39 is 35.1 Å². The lowest BCUT2D eigenvalue weighted by atomic mass is 9.99. The molecule has 0 radical (unpaired) electrons. The molecule has 0 saturated heterocycles. The molecular formula is C26H12F8N2. The van der Waals surface area contributed by atoms with Gasteiger partial charge in [0.2, 0.25) is 0 Å². The number of rotatable bonds is 4. The Kier molecular flexibility index (Phi) is 7.30. The molecule has 182 valence electrons. The first-order chi connectivity index (χ1) is 16.8. The lowest BCUT2D eigenvalue weighted by molar-refractivity contribution is -0.138. The summed E-state index contributed by atoms with van der Waals surface area (Å²) >= 11 is 0. The summed E-state index contributed by atoms with van der Waals surface area (Å²) < 4.78 is 106. The molecule has 36 heavy (non-hydrogen) atoms. The molecule has 0 amide bonds. The number of hydrogen-bond donors (Lipinski definition) is 0. The van der Waals surface area contributed by atoms with Crippen molar-refractivity contribution in [2.45, 2.75) is 12.4 Å². The van der Waals surface area contributed by atoms with Crippen molar-refractivity contribution in [3.05, 3.63) is 106 Å². The molecule has 0 aromatic heterocycles. The second-order valence-corrected chi connectivity index (χ2v) is 7.39. The summed E-state index contributed by atoms with van der Waals surface area (Å²) in [5.41, 5.74) is -3.02. The number of alkyl halides is 6. The van der Waals surface area contributed by atoms with Crippen LogP contribution in [0, 0.1) is 34.3 Å². The Hall–Kier alpha value is -4.44. The first-order valence-corrected chi connectivity index (χ1v) is 9.91. The fraction of sp³-hybridized carbons (Fsp3) is 0.0769. The molecule has 3 rings (SSSR count). The van der Waals surface area contributed by atoms with Crippen LogP contribution >= 0.6 is 0 Å². The Balaban J connectivity index is 1.96. The zero-order valence-corrected chi connectivity index (χ0v) is 17.8. The minimum atomic E-state index is -4.59. The fourth-order valence-corrected chi connectivity index (χ4v) is 3.15. The van der Waals surface area contributed by atoms with Gasteiger partial charge in [-0.15, -0.1) is 0 Å². The summed E-state index contributed by atoms with van der Waals surface area (Å²) in [4.78, 5) is 0. The van der Waals surface area contributed by atoms with E-state index in [4.69, 9.17) is 0 Å². The molecule has 3 aromatic rings. The Bertz CT molecular complexity index is 1300. The maximum absolute atomic E-state index is 14.7. The highest BCUT2D eigenvalue weighted by molar-refractivity contribution is 5.91. The Morgan fingerprint density at radius 3 is 1.14 bits per heavy atom. The number of benzene rings is 3. The highest BCUT2D eigenvalue weighted by atomic mass is 19.4. The molecule has 0 unspecified atom stereocenters. The summed E-state index contributed by atoms with van der Waals surface area (Å²) in [7, 11) is 0. The van der Waals surface area contributed by atoms with Gasteiger partial charge in [-0.2, -0.15) is 36.9 Å². The molecule has 0 aliphatic rings. The van der Waals surface area contributed by atoms with Crippen molar-refractivity contribution in [2.75, 3.05) is 0 Å². The average molecular weight is 504 g/mol. The Morgan fingerprint density at radius 2 is 0.889 bits per heavy atom. The number of nitrogens with zero attached hydrogens (tertiary/aromatic N) is 2. The van der Waals surface area contributed by atoms with Crippen LogP contribution in [-0.4, -0.2) is 0 Å². The molecule has 0 N–H and O–H groups in total. The SMILES string of the molecule is N#C/C(=C\c1cc(F)c(/C=C(\C#N)c2ccc(C(F)(F)F)cc2)cc1F)c1ccc(C(F)(F)F)cc1. The third kappa shape index (κ3) is 5.97. The minimum absolute atomic E-state index is 0.0448. The molecule has 0 aliphatic heterocycles. The van der Waals surface area contributed by atoms with Crippen molar-refractivity contribution in [3.63, 3.8) is 0 Å². The summed E-state index contributed by atoms with van der Waals surface area (Å²) in [6.45, 7) is 0. The highest BCUT2D eigenvalue weighted by Gasteiger charge is 2.30. The third-order valence-corrected chi connectivity index (χ3v) is 5.00. The average Bonchev–Trinajstić information content (AvgIpc) is 2.82. The van der Waals surface area contributed by atoms with Crippen LogP contribution in [0.4, 0.5) is 35.1 Å². The van der Waals surface area contributed by atoms with Crippen LogP contribution in [0.25, 0.3) is 23.3 Å². The van der Waals surface area contributed by atoms with Crippen LogP contribution in [0.15, 0.2) is 60.7 Å². The molecule has 0 heterocycles. The van der Waals surface area contributed by atoms with Crippen LogP contribution in [-0.2, 0) is 12.4 Å². The predicted octanol–water partition coefficient (Wildman–Crippen LogP) is 8.13. The van der Waals surface area contributed by atoms with Crippen LogP contribution in [0.3, 0.4) is 0 Å². The maximum Gasteiger partial charge on any atom is 0.416 e. The van der Waals surface area contributed by atoms with Crippen LogP contribution < -0.4 is 0 Å². The lowest BCUT2D eigenvalue weighted by Crippen LogP contribution is -2.04. The molecule has 0 aliphatic carbocycles. The smallest absolute Gasteiger partial charge is 0.206 e. The molecule has 0 atom stereocenters. The normalized spacial score (nSPS) is 12.7. The minimum Gasteiger partial charge on any atom is -0.206 e. The quantitative estimate of drug-likeness (QED) is 0.205. The molecule has 2 nitrogen and oxygen atoms in total. The Morgan fingerprint density at radius 1 is 0.583 bits per heavy atom. The topological polar surface area (TPSA) is 47.6 Å². The van der Waals surface area contributed by atoms with Crippen molar-refractivity contribution in [1.29, 1.82) is 10.5 Å². The van der Waals surface area contributed by atoms with E-state index in [2.05, 4.69) is 0 Å². The van der Waals surface area contributed by atoms with E-state index in [0.29, 0.717) is 0 Å². The summed E-state index contributed by atoms with van der Waals surface area (Å²) in [5, 5.41) is 18.7. The fourth-order valence-electron chi connectivity index (χ4n) is 3.15. The zero-order chi connectivity index (χ0) is 26.7. The third-order valence-electron chi connectivity index (χ3n) is 5.00. The standard InChI is InChI=1S/C26H12F8N2/c27-23-12-18(10-20(14-36)16-3-7-22(8-4-16)26(32,33)34)24(28)11-17(23)9-19(13-35)15-1-5-21(6-2-15)25(29,30)31/h1-12H/b19-9+,20-10+. The van der Waals surface area contributed by atoms with Gasteiger partial charge in [-0.1, -0.05) is 24.3 Å². The van der Waals surface area contributed by atoms with Gasteiger partial charge in [-0.05, 0) is 59.7 Å². The number of hydrogen-bond acceptors (Lipinski definition) is 2. The molecule has 3 aromatic carbocycles.